The Bertz CT molecular complexity index is 634. The predicted molar refractivity (Wildman–Crippen MR) is 72.1 cm³/mol. The lowest BCUT2D eigenvalue weighted by molar-refractivity contribution is -0.134. The molecule has 0 saturated carbocycles. The molecule has 1 aliphatic carbocycles. The number of ether oxygens (including phenoxy) is 1. The number of benzene rings is 1. The SMILES string of the molecule is O=COC1CNC2Cc3c[nH]c4cccc(c34)C2C1. The number of carbonyl (C=O) groups excluding carboxylic acids is 1. The fourth-order valence-corrected chi connectivity index (χ4v) is 3.69. The van der Waals surface area contributed by atoms with Crippen molar-refractivity contribution in [3.63, 3.8) is 0 Å². The second-order valence-electron chi connectivity index (χ2n) is 5.50. The van der Waals surface area contributed by atoms with E-state index < -0.39 is 0 Å². The van der Waals surface area contributed by atoms with Gasteiger partial charge in [0.25, 0.3) is 6.47 Å². The summed E-state index contributed by atoms with van der Waals surface area (Å²) in [5.41, 5.74) is 4.00. The number of fused-ring (bicyclic) bond motifs is 2. The largest absolute Gasteiger partial charge is 0.463 e. The van der Waals surface area contributed by atoms with E-state index in [4.69, 9.17) is 4.74 Å². The van der Waals surface area contributed by atoms with Crippen LogP contribution in [0.5, 0.6) is 0 Å². The van der Waals surface area contributed by atoms with Crippen molar-refractivity contribution in [1.29, 1.82) is 0 Å². The van der Waals surface area contributed by atoms with Gasteiger partial charge in [-0.3, -0.25) is 4.79 Å². The van der Waals surface area contributed by atoms with Crippen molar-refractivity contribution in [2.24, 2.45) is 0 Å². The minimum Gasteiger partial charge on any atom is -0.463 e. The van der Waals surface area contributed by atoms with Crippen LogP contribution in [-0.2, 0) is 16.0 Å². The van der Waals surface area contributed by atoms with E-state index in [0.29, 0.717) is 18.4 Å². The van der Waals surface area contributed by atoms with Crippen LogP contribution in [0.25, 0.3) is 10.9 Å². The van der Waals surface area contributed by atoms with Crippen molar-refractivity contribution >= 4 is 17.4 Å². The number of carbonyl (C=O) groups is 1. The lowest BCUT2D eigenvalue weighted by Crippen LogP contribution is -2.49. The molecule has 4 rings (SSSR count). The molecule has 0 radical (unpaired) electrons. The van der Waals surface area contributed by atoms with Crippen LogP contribution in [-0.4, -0.2) is 30.1 Å². The molecule has 2 heterocycles. The Morgan fingerprint density at radius 2 is 2.32 bits per heavy atom. The summed E-state index contributed by atoms with van der Waals surface area (Å²) in [5.74, 6) is 0.436. The maximum absolute atomic E-state index is 10.5. The van der Waals surface area contributed by atoms with Gasteiger partial charge in [-0.15, -0.1) is 0 Å². The summed E-state index contributed by atoms with van der Waals surface area (Å²) in [6, 6.07) is 6.89. The maximum atomic E-state index is 10.5. The number of H-pyrrole nitrogens is 1. The molecule has 3 atom stereocenters. The summed E-state index contributed by atoms with van der Waals surface area (Å²) in [7, 11) is 0. The first-order chi connectivity index (χ1) is 9.36. The molecule has 4 heteroatoms. The average molecular weight is 256 g/mol. The first-order valence-corrected chi connectivity index (χ1v) is 6.78. The molecule has 1 aromatic heterocycles. The molecule has 1 saturated heterocycles. The molecule has 1 aliphatic heterocycles. The highest BCUT2D eigenvalue weighted by molar-refractivity contribution is 5.88. The number of aromatic amines is 1. The summed E-state index contributed by atoms with van der Waals surface area (Å²) in [6.45, 7) is 1.33. The first-order valence-electron chi connectivity index (χ1n) is 6.78. The number of rotatable bonds is 2. The third kappa shape index (κ3) is 1.60. The zero-order valence-electron chi connectivity index (χ0n) is 10.6. The zero-order valence-corrected chi connectivity index (χ0v) is 10.6. The molecule has 2 aromatic rings. The number of aromatic nitrogens is 1. The number of piperidine rings is 1. The Morgan fingerprint density at radius 3 is 3.21 bits per heavy atom. The van der Waals surface area contributed by atoms with Gasteiger partial charge < -0.3 is 15.0 Å². The van der Waals surface area contributed by atoms with E-state index in [1.165, 1.54) is 22.0 Å². The fraction of sp³-hybridized carbons (Fsp3) is 0.400. The molecule has 98 valence electrons. The van der Waals surface area contributed by atoms with Crippen LogP contribution >= 0.6 is 0 Å². The Labute approximate surface area is 111 Å². The van der Waals surface area contributed by atoms with Gasteiger partial charge in [0, 0.05) is 35.6 Å². The number of hydrogen-bond acceptors (Lipinski definition) is 3. The standard InChI is InChI=1S/C15H16N2O2/c18-8-19-10-5-12-11-2-1-3-13-15(11)9(6-16-13)4-14(12)17-7-10/h1-3,6,8,10,12,14,16-17H,4-5,7H2. The molecule has 0 amide bonds. The Morgan fingerprint density at radius 1 is 1.37 bits per heavy atom. The van der Waals surface area contributed by atoms with Gasteiger partial charge in [-0.05, 0) is 30.0 Å². The van der Waals surface area contributed by atoms with E-state index in [9.17, 15) is 4.79 Å². The Balaban J connectivity index is 1.78. The number of hydrogen-bond donors (Lipinski definition) is 2. The van der Waals surface area contributed by atoms with Crippen LogP contribution in [0.15, 0.2) is 24.4 Å². The highest BCUT2D eigenvalue weighted by atomic mass is 16.5. The normalized spacial score (nSPS) is 28.9. The first kappa shape index (κ1) is 11.1. The van der Waals surface area contributed by atoms with Crippen LogP contribution < -0.4 is 5.32 Å². The van der Waals surface area contributed by atoms with Crippen LogP contribution in [0.1, 0.15) is 23.5 Å². The zero-order chi connectivity index (χ0) is 12.8. The lowest BCUT2D eigenvalue weighted by atomic mass is 9.75. The lowest BCUT2D eigenvalue weighted by Gasteiger charge is -2.39. The molecular formula is C15H16N2O2. The van der Waals surface area contributed by atoms with Crippen molar-refractivity contribution in [1.82, 2.24) is 10.3 Å². The molecular weight excluding hydrogens is 240 g/mol. The van der Waals surface area contributed by atoms with Gasteiger partial charge in [0.05, 0.1) is 0 Å². The molecule has 0 spiro atoms. The molecule has 3 unspecified atom stereocenters. The van der Waals surface area contributed by atoms with E-state index in [0.717, 1.165) is 19.4 Å². The second-order valence-corrected chi connectivity index (χ2v) is 5.50. The second kappa shape index (κ2) is 4.10. The van der Waals surface area contributed by atoms with Crippen LogP contribution in [0.4, 0.5) is 0 Å². The molecule has 4 nitrogen and oxygen atoms in total. The monoisotopic (exact) mass is 256 g/mol. The molecule has 0 bridgehead atoms. The topological polar surface area (TPSA) is 54.1 Å². The third-order valence-corrected chi connectivity index (χ3v) is 4.52. The van der Waals surface area contributed by atoms with Crippen molar-refractivity contribution in [2.75, 3.05) is 6.54 Å². The highest BCUT2D eigenvalue weighted by Gasteiger charge is 2.36. The van der Waals surface area contributed by atoms with Gasteiger partial charge in [0.2, 0.25) is 0 Å². The third-order valence-electron chi connectivity index (χ3n) is 4.52. The average Bonchev–Trinajstić information content (AvgIpc) is 2.85. The van der Waals surface area contributed by atoms with E-state index in [2.05, 4.69) is 34.7 Å². The molecule has 2 aliphatic rings. The van der Waals surface area contributed by atoms with Gasteiger partial charge in [0.15, 0.2) is 0 Å². The molecule has 19 heavy (non-hydrogen) atoms. The minimum absolute atomic E-state index is 0.00509. The molecule has 1 aromatic carbocycles. The fourth-order valence-electron chi connectivity index (χ4n) is 3.69. The van der Waals surface area contributed by atoms with Crippen molar-refractivity contribution < 1.29 is 9.53 Å². The quantitative estimate of drug-likeness (QED) is 0.804. The summed E-state index contributed by atoms with van der Waals surface area (Å²) >= 11 is 0. The van der Waals surface area contributed by atoms with Crippen molar-refractivity contribution in [2.45, 2.75) is 30.9 Å². The number of nitrogens with one attached hydrogen (secondary N) is 2. The van der Waals surface area contributed by atoms with Crippen LogP contribution in [0.2, 0.25) is 0 Å². The van der Waals surface area contributed by atoms with Crippen LogP contribution in [0.3, 0.4) is 0 Å². The van der Waals surface area contributed by atoms with E-state index in [-0.39, 0.29) is 6.10 Å². The summed E-state index contributed by atoms with van der Waals surface area (Å²) in [5, 5.41) is 4.90. The van der Waals surface area contributed by atoms with E-state index in [1.807, 2.05) is 0 Å². The molecule has 1 fully saturated rings. The predicted octanol–water partition coefficient (Wildman–Crippen LogP) is 1.71. The van der Waals surface area contributed by atoms with Crippen molar-refractivity contribution in [3.05, 3.63) is 35.5 Å². The maximum Gasteiger partial charge on any atom is 0.293 e. The van der Waals surface area contributed by atoms with E-state index >= 15 is 0 Å². The van der Waals surface area contributed by atoms with Gasteiger partial charge >= 0.3 is 0 Å². The van der Waals surface area contributed by atoms with Gasteiger partial charge in [0.1, 0.15) is 6.10 Å². The summed E-state index contributed by atoms with van der Waals surface area (Å²) in [6.07, 6.45) is 4.09. The van der Waals surface area contributed by atoms with Crippen molar-refractivity contribution in [3.8, 4) is 0 Å². The van der Waals surface area contributed by atoms with Crippen LogP contribution in [0, 0.1) is 0 Å². The summed E-state index contributed by atoms with van der Waals surface area (Å²) in [4.78, 5) is 13.9. The summed E-state index contributed by atoms with van der Waals surface area (Å²) < 4.78 is 5.15. The van der Waals surface area contributed by atoms with E-state index in [1.54, 1.807) is 0 Å². The smallest absolute Gasteiger partial charge is 0.293 e. The minimum atomic E-state index is -0.00509. The highest BCUT2D eigenvalue weighted by Crippen LogP contribution is 2.40. The van der Waals surface area contributed by atoms with Gasteiger partial charge in [-0.2, -0.15) is 0 Å². The van der Waals surface area contributed by atoms with Gasteiger partial charge in [-0.25, -0.2) is 0 Å². The van der Waals surface area contributed by atoms with Gasteiger partial charge in [-0.1, -0.05) is 12.1 Å². The molecule has 2 N–H and O–H groups in total. The Hall–Kier alpha value is -1.81. The Kier molecular flexibility index (Phi) is 2.38.